The second kappa shape index (κ2) is 10.3. The van der Waals surface area contributed by atoms with E-state index in [0.717, 1.165) is 0 Å². The molecule has 0 spiro atoms. The minimum Gasteiger partial charge on any atom is -0.466 e. The lowest BCUT2D eigenvalue weighted by molar-refractivity contribution is -0.385. The summed E-state index contributed by atoms with van der Waals surface area (Å²) < 4.78 is 10.5. The van der Waals surface area contributed by atoms with Gasteiger partial charge in [-0.3, -0.25) is 24.7 Å². The predicted octanol–water partition coefficient (Wildman–Crippen LogP) is 4.01. The molecule has 3 rings (SSSR count). The molecule has 10 heteroatoms. The summed E-state index contributed by atoms with van der Waals surface area (Å²) in [5, 5.41) is 23.7. The fourth-order valence-electron chi connectivity index (χ4n) is 4.39. The van der Waals surface area contributed by atoms with Gasteiger partial charge in [0.2, 0.25) is 0 Å². The fourth-order valence-corrected chi connectivity index (χ4v) is 4.59. The Bertz CT molecular complexity index is 1140. The Morgan fingerprint density at radius 2 is 1.76 bits per heavy atom. The number of aliphatic hydroxyl groups is 1. The van der Waals surface area contributed by atoms with E-state index in [1.165, 1.54) is 24.3 Å². The van der Waals surface area contributed by atoms with Crippen molar-refractivity contribution >= 4 is 34.9 Å². The Morgan fingerprint density at radius 1 is 1.12 bits per heavy atom. The van der Waals surface area contributed by atoms with Gasteiger partial charge in [-0.25, -0.2) is 0 Å². The number of carbonyl (C=O) groups excluding carboxylic acids is 2. The number of halogens is 1. The molecule has 2 aromatic carbocycles. The van der Waals surface area contributed by atoms with Crippen LogP contribution in [0.2, 0.25) is 5.02 Å². The van der Waals surface area contributed by atoms with Crippen LogP contribution in [0.15, 0.2) is 53.5 Å². The average molecular weight is 489 g/mol. The SMILES string of the molecule is CCOC(=O)C1C(C)=NC(O)(c2cccc(Cl)c2)C(C(=O)OCC)C1c1cccc([N+](=O)[O-])c1. The first-order valence-electron chi connectivity index (χ1n) is 10.8. The van der Waals surface area contributed by atoms with E-state index in [0.29, 0.717) is 10.6 Å². The molecule has 9 nitrogen and oxygen atoms in total. The van der Waals surface area contributed by atoms with Crippen LogP contribution in [-0.4, -0.2) is 40.9 Å². The quantitative estimate of drug-likeness (QED) is 0.354. The molecule has 4 atom stereocenters. The van der Waals surface area contributed by atoms with Crippen LogP contribution in [0.3, 0.4) is 0 Å². The second-order valence-electron chi connectivity index (χ2n) is 7.83. The van der Waals surface area contributed by atoms with E-state index in [2.05, 4.69) is 4.99 Å². The molecular formula is C24H25ClN2O7. The highest BCUT2D eigenvalue weighted by atomic mass is 35.5. The number of aliphatic imine (C=N–C) groups is 1. The first-order valence-corrected chi connectivity index (χ1v) is 11.1. The van der Waals surface area contributed by atoms with Crippen LogP contribution in [0.25, 0.3) is 0 Å². The van der Waals surface area contributed by atoms with Crippen LogP contribution in [0, 0.1) is 22.0 Å². The van der Waals surface area contributed by atoms with E-state index in [4.69, 9.17) is 21.1 Å². The standard InChI is InChI=1S/C24H25ClN2O7/c1-4-33-22(28)19-14(3)26-24(30,16-9-7-10-17(25)13-16)21(23(29)34-5-2)20(19)15-8-6-11-18(12-15)27(31)32/h6-13,19-21,30H,4-5H2,1-3H3. The summed E-state index contributed by atoms with van der Waals surface area (Å²) >= 11 is 6.16. The van der Waals surface area contributed by atoms with Gasteiger partial charge in [-0.15, -0.1) is 0 Å². The lowest BCUT2D eigenvalue weighted by atomic mass is 9.66. The van der Waals surface area contributed by atoms with E-state index in [1.807, 2.05) is 0 Å². The topological polar surface area (TPSA) is 128 Å². The van der Waals surface area contributed by atoms with Crippen LogP contribution in [0.5, 0.6) is 0 Å². The van der Waals surface area contributed by atoms with E-state index in [1.54, 1.807) is 45.0 Å². The Kier molecular flexibility index (Phi) is 7.68. The van der Waals surface area contributed by atoms with Crippen molar-refractivity contribution in [1.29, 1.82) is 0 Å². The minimum absolute atomic E-state index is 0.00931. The van der Waals surface area contributed by atoms with Crippen LogP contribution in [-0.2, 0) is 24.8 Å². The van der Waals surface area contributed by atoms with Crippen LogP contribution >= 0.6 is 11.6 Å². The second-order valence-corrected chi connectivity index (χ2v) is 8.26. The normalized spacial score (nSPS) is 24.1. The van der Waals surface area contributed by atoms with Crippen molar-refractivity contribution in [2.24, 2.45) is 16.8 Å². The molecule has 4 unspecified atom stereocenters. The summed E-state index contributed by atoms with van der Waals surface area (Å²) in [7, 11) is 0. The van der Waals surface area contributed by atoms with E-state index >= 15 is 0 Å². The number of ether oxygens (including phenoxy) is 2. The molecule has 0 radical (unpaired) electrons. The summed E-state index contributed by atoms with van der Waals surface area (Å²) in [4.78, 5) is 41.7. The zero-order valence-corrected chi connectivity index (χ0v) is 19.7. The smallest absolute Gasteiger partial charge is 0.315 e. The van der Waals surface area contributed by atoms with Crippen LogP contribution in [0.4, 0.5) is 5.69 Å². The van der Waals surface area contributed by atoms with Crippen molar-refractivity contribution in [1.82, 2.24) is 0 Å². The number of benzene rings is 2. The number of esters is 2. The highest BCUT2D eigenvalue weighted by Gasteiger charge is 2.57. The number of carbonyl (C=O) groups is 2. The maximum Gasteiger partial charge on any atom is 0.315 e. The molecule has 0 aromatic heterocycles. The number of hydrogen-bond acceptors (Lipinski definition) is 8. The van der Waals surface area contributed by atoms with Gasteiger partial charge in [0.25, 0.3) is 5.69 Å². The van der Waals surface area contributed by atoms with Gasteiger partial charge in [0.1, 0.15) is 11.8 Å². The number of nitro groups is 1. The summed E-state index contributed by atoms with van der Waals surface area (Å²) in [6, 6.07) is 11.8. The van der Waals surface area contributed by atoms with E-state index in [-0.39, 0.29) is 30.2 Å². The Morgan fingerprint density at radius 3 is 2.38 bits per heavy atom. The lowest BCUT2D eigenvalue weighted by Crippen LogP contribution is -2.52. The highest BCUT2D eigenvalue weighted by Crippen LogP contribution is 2.50. The summed E-state index contributed by atoms with van der Waals surface area (Å²) in [6.45, 7) is 4.88. The maximum atomic E-state index is 13.3. The van der Waals surface area contributed by atoms with Crippen molar-refractivity contribution in [3.63, 3.8) is 0 Å². The third kappa shape index (κ3) is 4.80. The first-order chi connectivity index (χ1) is 16.1. The van der Waals surface area contributed by atoms with E-state index in [9.17, 15) is 24.8 Å². The van der Waals surface area contributed by atoms with Gasteiger partial charge in [0.15, 0.2) is 5.72 Å². The summed E-state index contributed by atoms with van der Waals surface area (Å²) in [5.74, 6) is -5.06. The molecule has 0 fully saturated rings. The third-order valence-corrected chi connectivity index (χ3v) is 5.98. The minimum atomic E-state index is -2.15. The predicted molar refractivity (Wildman–Crippen MR) is 125 cm³/mol. The van der Waals surface area contributed by atoms with Crippen LogP contribution < -0.4 is 0 Å². The number of nitro benzene ring substituents is 1. The third-order valence-electron chi connectivity index (χ3n) is 5.75. The lowest BCUT2D eigenvalue weighted by Gasteiger charge is -2.43. The Labute approximate surface area is 201 Å². The zero-order valence-electron chi connectivity index (χ0n) is 18.9. The number of hydrogen-bond donors (Lipinski definition) is 1. The molecule has 34 heavy (non-hydrogen) atoms. The Balaban J connectivity index is 2.33. The first kappa shape index (κ1) is 25.3. The number of nitrogens with zero attached hydrogens (tertiary/aromatic N) is 2. The summed E-state index contributed by atoms with van der Waals surface area (Å²) in [5.41, 5.74) is -1.67. The molecule has 0 saturated carbocycles. The number of rotatable bonds is 7. The molecular weight excluding hydrogens is 464 g/mol. The monoisotopic (exact) mass is 488 g/mol. The number of non-ortho nitro benzene ring substituents is 1. The molecule has 0 saturated heterocycles. The molecule has 2 aromatic rings. The Hall–Kier alpha value is -3.30. The molecule has 1 heterocycles. The molecule has 1 aliphatic heterocycles. The van der Waals surface area contributed by atoms with Gasteiger partial charge < -0.3 is 14.6 Å². The molecule has 1 aliphatic rings. The summed E-state index contributed by atoms with van der Waals surface area (Å²) in [6.07, 6.45) is 0. The molecule has 0 aliphatic carbocycles. The van der Waals surface area contributed by atoms with Gasteiger partial charge in [-0.2, -0.15) is 0 Å². The molecule has 180 valence electrons. The average Bonchev–Trinajstić information content (AvgIpc) is 2.78. The molecule has 0 bridgehead atoms. The molecule has 0 amide bonds. The van der Waals surface area contributed by atoms with Gasteiger partial charge in [-0.1, -0.05) is 35.9 Å². The van der Waals surface area contributed by atoms with Crippen molar-refractivity contribution in [2.75, 3.05) is 13.2 Å². The van der Waals surface area contributed by atoms with Crippen molar-refractivity contribution in [3.05, 3.63) is 74.8 Å². The van der Waals surface area contributed by atoms with Gasteiger partial charge in [0, 0.05) is 34.3 Å². The van der Waals surface area contributed by atoms with Gasteiger partial charge in [-0.05, 0) is 38.5 Å². The van der Waals surface area contributed by atoms with Crippen molar-refractivity contribution < 1.29 is 29.1 Å². The van der Waals surface area contributed by atoms with Crippen LogP contribution in [0.1, 0.15) is 37.8 Å². The largest absolute Gasteiger partial charge is 0.466 e. The van der Waals surface area contributed by atoms with Gasteiger partial charge in [0.05, 0.1) is 18.1 Å². The maximum absolute atomic E-state index is 13.3. The van der Waals surface area contributed by atoms with E-state index < -0.39 is 40.3 Å². The molecule has 1 N–H and O–H groups in total. The van der Waals surface area contributed by atoms with Crippen molar-refractivity contribution in [2.45, 2.75) is 32.4 Å². The zero-order chi connectivity index (χ0) is 25.0. The highest BCUT2D eigenvalue weighted by molar-refractivity contribution is 6.30. The van der Waals surface area contributed by atoms with Crippen molar-refractivity contribution in [3.8, 4) is 0 Å². The van der Waals surface area contributed by atoms with Gasteiger partial charge >= 0.3 is 11.9 Å². The fraction of sp³-hybridized carbons (Fsp3) is 0.375.